The smallest absolute Gasteiger partial charge is 0.266 e. The van der Waals surface area contributed by atoms with E-state index in [1.165, 1.54) is 10.2 Å². The van der Waals surface area contributed by atoms with Crippen LogP contribution in [0.5, 0.6) is 0 Å². The van der Waals surface area contributed by atoms with Crippen LogP contribution in [0.2, 0.25) is 0 Å². The summed E-state index contributed by atoms with van der Waals surface area (Å²) in [5, 5.41) is 8.45. The van der Waals surface area contributed by atoms with Crippen molar-refractivity contribution in [2.45, 2.75) is 25.9 Å². The maximum atomic E-state index is 11.6. The zero-order valence-electron chi connectivity index (χ0n) is 11.9. The van der Waals surface area contributed by atoms with Gasteiger partial charge in [-0.1, -0.05) is 0 Å². The van der Waals surface area contributed by atoms with E-state index in [2.05, 4.69) is 32.9 Å². The highest BCUT2D eigenvalue weighted by molar-refractivity contribution is 5.07. The average molecular weight is 273 g/mol. The Morgan fingerprint density at radius 2 is 2.20 bits per heavy atom. The molecule has 0 aliphatic carbocycles. The number of nitrogens with zero attached hydrogens (tertiary/aromatic N) is 5. The molecule has 1 atom stereocenters. The van der Waals surface area contributed by atoms with E-state index in [0.29, 0.717) is 6.04 Å². The van der Waals surface area contributed by atoms with Gasteiger partial charge < -0.3 is 0 Å². The van der Waals surface area contributed by atoms with Crippen LogP contribution in [0.3, 0.4) is 0 Å². The summed E-state index contributed by atoms with van der Waals surface area (Å²) in [5.41, 5.74) is 2.12. The SMILES string of the molecule is Cc1cnn(C2CCN(Cc3cnn(C)c(=O)c3)C2)c1. The Morgan fingerprint density at radius 3 is 2.90 bits per heavy atom. The lowest BCUT2D eigenvalue weighted by Gasteiger charge is -2.16. The fourth-order valence-electron chi connectivity index (χ4n) is 2.66. The molecule has 6 nitrogen and oxygen atoms in total. The second kappa shape index (κ2) is 5.20. The lowest BCUT2D eigenvalue weighted by atomic mass is 10.3. The molecule has 0 radical (unpaired) electrons. The van der Waals surface area contributed by atoms with E-state index in [4.69, 9.17) is 0 Å². The number of rotatable bonds is 3. The van der Waals surface area contributed by atoms with Crippen molar-refractivity contribution in [3.63, 3.8) is 0 Å². The van der Waals surface area contributed by atoms with Crippen LogP contribution in [-0.2, 0) is 13.6 Å². The average Bonchev–Trinajstić information content (AvgIpc) is 3.03. The van der Waals surface area contributed by atoms with E-state index in [1.807, 2.05) is 6.20 Å². The minimum Gasteiger partial charge on any atom is -0.297 e. The van der Waals surface area contributed by atoms with Crippen molar-refractivity contribution in [3.8, 4) is 0 Å². The number of aromatic nitrogens is 4. The Bertz CT molecular complexity index is 660. The molecule has 0 bridgehead atoms. The van der Waals surface area contributed by atoms with Crippen LogP contribution in [-0.4, -0.2) is 37.6 Å². The van der Waals surface area contributed by atoms with Gasteiger partial charge in [-0.3, -0.25) is 14.4 Å². The first-order valence-corrected chi connectivity index (χ1v) is 6.87. The van der Waals surface area contributed by atoms with Crippen LogP contribution >= 0.6 is 0 Å². The Balaban J connectivity index is 1.65. The molecule has 3 heterocycles. The second-order valence-electron chi connectivity index (χ2n) is 5.50. The molecule has 20 heavy (non-hydrogen) atoms. The van der Waals surface area contributed by atoms with Gasteiger partial charge in [0.25, 0.3) is 5.56 Å². The molecule has 0 saturated carbocycles. The molecular formula is C14H19N5O. The summed E-state index contributed by atoms with van der Waals surface area (Å²) in [5.74, 6) is 0. The highest BCUT2D eigenvalue weighted by Gasteiger charge is 2.24. The molecule has 106 valence electrons. The topological polar surface area (TPSA) is 56.0 Å². The van der Waals surface area contributed by atoms with Gasteiger partial charge in [0.1, 0.15) is 0 Å². The Labute approximate surface area is 117 Å². The van der Waals surface area contributed by atoms with Crippen molar-refractivity contribution in [1.82, 2.24) is 24.5 Å². The molecule has 0 N–H and O–H groups in total. The van der Waals surface area contributed by atoms with E-state index < -0.39 is 0 Å². The first-order valence-electron chi connectivity index (χ1n) is 6.87. The predicted octanol–water partition coefficient (Wildman–Crippen LogP) is 0.732. The minimum absolute atomic E-state index is 0.0547. The molecule has 0 spiro atoms. The summed E-state index contributed by atoms with van der Waals surface area (Å²) < 4.78 is 3.40. The quantitative estimate of drug-likeness (QED) is 0.827. The van der Waals surface area contributed by atoms with Gasteiger partial charge >= 0.3 is 0 Å². The molecular weight excluding hydrogens is 254 g/mol. The van der Waals surface area contributed by atoms with Crippen molar-refractivity contribution in [1.29, 1.82) is 0 Å². The van der Waals surface area contributed by atoms with Crippen molar-refractivity contribution >= 4 is 0 Å². The molecule has 0 aromatic carbocycles. The standard InChI is InChI=1S/C14H19N5O/c1-11-6-16-19(8-11)13-3-4-18(10-13)9-12-5-14(20)17(2)15-7-12/h5-8,13H,3-4,9-10H2,1-2H3. The maximum absolute atomic E-state index is 11.6. The summed E-state index contributed by atoms with van der Waals surface area (Å²) in [7, 11) is 1.66. The number of likely N-dealkylation sites (tertiary alicyclic amines) is 1. The molecule has 6 heteroatoms. The minimum atomic E-state index is -0.0547. The molecule has 1 aliphatic rings. The molecule has 0 amide bonds. The van der Waals surface area contributed by atoms with Crippen LogP contribution in [0.1, 0.15) is 23.6 Å². The van der Waals surface area contributed by atoms with Crippen LogP contribution in [0.25, 0.3) is 0 Å². The van der Waals surface area contributed by atoms with Gasteiger partial charge in [0, 0.05) is 38.9 Å². The Hall–Kier alpha value is -1.95. The summed E-state index contributed by atoms with van der Waals surface area (Å²) >= 11 is 0. The molecule has 1 aliphatic heterocycles. The van der Waals surface area contributed by atoms with Crippen molar-refractivity contribution < 1.29 is 0 Å². The first kappa shape index (κ1) is 13.1. The molecule has 2 aromatic rings. The Kier molecular flexibility index (Phi) is 3.40. The third kappa shape index (κ3) is 2.65. The highest BCUT2D eigenvalue weighted by Crippen LogP contribution is 2.22. The number of aryl methyl sites for hydroxylation is 2. The third-order valence-electron chi connectivity index (χ3n) is 3.78. The molecule has 1 unspecified atom stereocenters. The van der Waals surface area contributed by atoms with Crippen molar-refractivity contribution in [3.05, 3.63) is 46.1 Å². The normalized spacial score (nSPS) is 19.6. The van der Waals surface area contributed by atoms with E-state index >= 15 is 0 Å². The predicted molar refractivity (Wildman–Crippen MR) is 75.4 cm³/mol. The van der Waals surface area contributed by atoms with E-state index in [1.54, 1.807) is 19.3 Å². The highest BCUT2D eigenvalue weighted by atomic mass is 16.1. The van der Waals surface area contributed by atoms with Gasteiger partial charge in [0.2, 0.25) is 0 Å². The summed E-state index contributed by atoms with van der Waals surface area (Å²) in [4.78, 5) is 13.9. The lowest BCUT2D eigenvalue weighted by molar-refractivity contribution is 0.310. The van der Waals surface area contributed by atoms with Gasteiger partial charge in [-0.15, -0.1) is 0 Å². The van der Waals surface area contributed by atoms with Gasteiger partial charge in [-0.25, -0.2) is 4.68 Å². The fraction of sp³-hybridized carbons (Fsp3) is 0.500. The zero-order chi connectivity index (χ0) is 14.1. The fourth-order valence-corrected chi connectivity index (χ4v) is 2.66. The van der Waals surface area contributed by atoms with Crippen molar-refractivity contribution in [2.24, 2.45) is 7.05 Å². The summed E-state index contributed by atoms with van der Waals surface area (Å²) in [6, 6.07) is 2.10. The zero-order valence-corrected chi connectivity index (χ0v) is 11.9. The second-order valence-corrected chi connectivity index (χ2v) is 5.50. The van der Waals surface area contributed by atoms with Gasteiger partial charge in [0.15, 0.2) is 0 Å². The molecule has 1 fully saturated rings. The summed E-state index contributed by atoms with van der Waals surface area (Å²) in [6.07, 6.45) is 6.85. The van der Waals surface area contributed by atoms with Crippen LogP contribution in [0.4, 0.5) is 0 Å². The third-order valence-corrected chi connectivity index (χ3v) is 3.78. The van der Waals surface area contributed by atoms with Gasteiger partial charge in [0.05, 0.1) is 18.4 Å². The molecule has 1 saturated heterocycles. The van der Waals surface area contributed by atoms with E-state index in [0.717, 1.165) is 31.6 Å². The number of hydrogen-bond acceptors (Lipinski definition) is 4. The lowest BCUT2D eigenvalue weighted by Crippen LogP contribution is -2.24. The number of hydrogen-bond donors (Lipinski definition) is 0. The monoisotopic (exact) mass is 273 g/mol. The first-order chi connectivity index (χ1) is 9.61. The van der Waals surface area contributed by atoms with E-state index in [-0.39, 0.29) is 5.56 Å². The molecule has 3 rings (SSSR count). The maximum Gasteiger partial charge on any atom is 0.266 e. The Morgan fingerprint density at radius 1 is 1.35 bits per heavy atom. The van der Waals surface area contributed by atoms with E-state index in [9.17, 15) is 4.79 Å². The largest absolute Gasteiger partial charge is 0.297 e. The van der Waals surface area contributed by atoms with Crippen LogP contribution in [0.15, 0.2) is 29.5 Å². The summed E-state index contributed by atoms with van der Waals surface area (Å²) in [6.45, 7) is 4.83. The van der Waals surface area contributed by atoms with Crippen LogP contribution in [0, 0.1) is 6.92 Å². The van der Waals surface area contributed by atoms with Crippen molar-refractivity contribution in [2.75, 3.05) is 13.1 Å². The molecule has 2 aromatic heterocycles. The van der Waals surface area contributed by atoms with Gasteiger partial charge in [-0.05, 0) is 24.5 Å². The van der Waals surface area contributed by atoms with Gasteiger partial charge in [-0.2, -0.15) is 10.2 Å². The van der Waals surface area contributed by atoms with Crippen LogP contribution < -0.4 is 5.56 Å².